The minimum Gasteiger partial charge on any atom is -0.478 e. The first kappa shape index (κ1) is 16.6. The van der Waals surface area contributed by atoms with E-state index in [0.29, 0.717) is 15.7 Å². The van der Waals surface area contributed by atoms with Gasteiger partial charge in [-0.1, -0.05) is 35.0 Å². The molecule has 2 aromatic rings. The topological polar surface area (TPSA) is 79.3 Å². The summed E-state index contributed by atoms with van der Waals surface area (Å²) in [5.41, 5.74) is 0.536. The SMILES string of the molecule is O=C(CSc1ncccc1C(=O)O)Nc1cc(Cl)cc(Cl)c1. The molecule has 0 spiro atoms. The van der Waals surface area contributed by atoms with Crippen molar-refractivity contribution in [2.45, 2.75) is 5.03 Å². The predicted molar refractivity (Wildman–Crippen MR) is 87.0 cm³/mol. The van der Waals surface area contributed by atoms with Crippen LogP contribution in [0.5, 0.6) is 0 Å². The largest absolute Gasteiger partial charge is 0.478 e. The maximum absolute atomic E-state index is 11.9. The second kappa shape index (κ2) is 7.49. The monoisotopic (exact) mass is 356 g/mol. The van der Waals surface area contributed by atoms with Crippen molar-refractivity contribution in [1.29, 1.82) is 0 Å². The third-order valence-corrected chi connectivity index (χ3v) is 3.93. The van der Waals surface area contributed by atoms with Gasteiger partial charge in [-0.15, -0.1) is 0 Å². The second-order valence-corrected chi connectivity index (χ2v) is 5.99. The molecule has 114 valence electrons. The Hall–Kier alpha value is -1.76. The van der Waals surface area contributed by atoms with Crippen LogP contribution in [0.1, 0.15) is 10.4 Å². The normalized spacial score (nSPS) is 10.3. The Morgan fingerprint density at radius 2 is 1.91 bits per heavy atom. The number of rotatable bonds is 5. The van der Waals surface area contributed by atoms with Crippen molar-refractivity contribution in [2.24, 2.45) is 0 Å². The Labute approximate surface area is 140 Å². The molecule has 5 nitrogen and oxygen atoms in total. The highest BCUT2D eigenvalue weighted by Crippen LogP contribution is 2.24. The Morgan fingerprint density at radius 3 is 2.55 bits per heavy atom. The van der Waals surface area contributed by atoms with Crippen molar-refractivity contribution in [3.05, 3.63) is 52.1 Å². The molecule has 0 fully saturated rings. The van der Waals surface area contributed by atoms with Gasteiger partial charge in [0.15, 0.2) is 0 Å². The zero-order chi connectivity index (χ0) is 16.1. The number of nitrogens with one attached hydrogen (secondary N) is 1. The van der Waals surface area contributed by atoms with Gasteiger partial charge in [-0.05, 0) is 30.3 Å². The number of nitrogens with zero attached hydrogens (tertiary/aromatic N) is 1. The minimum atomic E-state index is -1.09. The van der Waals surface area contributed by atoms with Crippen LogP contribution in [0.3, 0.4) is 0 Å². The van der Waals surface area contributed by atoms with Gasteiger partial charge in [0.25, 0.3) is 0 Å². The molecule has 0 bridgehead atoms. The van der Waals surface area contributed by atoms with Gasteiger partial charge < -0.3 is 10.4 Å². The van der Waals surface area contributed by atoms with Crippen molar-refractivity contribution in [3.63, 3.8) is 0 Å². The van der Waals surface area contributed by atoms with E-state index in [0.717, 1.165) is 11.8 Å². The number of thioether (sulfide) groups is 1. The van der Waals surface area contributed by atoms with Gasteiger partial charge in [0.1, 0.15) is 5.03 Å². The molecule has 1 aromatic heterocycles. The van der Waals surface area contributed by atoms with E-state index in [4.69, 9.17) is 28.3 Å². The number of carbonyl (C=O) groups is 2. The highest BCUT2D eigenvalue weighted by molar-refractivity contribution is 8.00. The lowest BCUT2D eigenvalue weighted by molar-refractivity contribution is -0.113. The predicted octanol–water partition coefficient (Wildman–Crippen LogP) is 3.82. The van der Waals surface area contributed by atoms with E-state index < -0.39 is 5.97 Å². The molecule has 0 aliphatic heterocycles. The van der Waals surface area contributed by atoms with E-state index in [1.807, 2.05) is 0 Å². The van der Waals surface area contributed by atoms with Gasteiger partial charge in [0.05, 0.1) is 11.3 Å². The first-order chi connectivity index (χ1) is 10.5. The average Bonchev–Trinajstić information content (AvgIpc) is 2.44. The van der Waals surface area contributed by atoms with Crippen LogP contribution in [-0.2, 0) is 4.79 Å². The van der Waals surface area contributed by atoms with E-state index in [2.05, 4.69) is 10.3 Å². The van der Waals surface area contributed by atoms with Crippen LogP contribution in [0, 0.1) is 0 Å². The van der Waals surface area contributed by atoms with Crippen LogP contribution in [0.2, 0.25) is 10.0 Å². The van der Waals surface area contributed by atoms with Gasteiger partial charge in [-0.3, -0.25) is 4.79 Å². The molecule has 0 unspecified atom stereocenters. The Bertz CT molecular complexity index is 705. The molecule has 1 heterocycles. The molecule has 2 rings (SSSR count). The third-order valence-electron chi connectivity index (χ3n) is 2.49. The quantitative estimate of drug-likeness (QED) is 0.796. The number of carboxylic acids is 1. The molecular weight excluding hydrogens is 347 g/mol. The summed E-state index contributed by atoms with van der Waals surface area (Å²) >= 11 is 12.7. The first-order valence-corrected chi connectivity index (χ1v) is 7.77. The van der Waals surface area contributed by atoms with Crippen LogP contribution in [0.4, 0.5) is 5.69 Å². The molecule has 1 amide bonds. The highest BCUT2D eigenvalue weighted by Gasteiger charge is 2.13. The number of hydrogen-bond acceptors (Lipinski definition) is 4. The molecule has 0 aliphatic carbocycles. The molecule has 0 aliphatic rings. The number of aromatic nitrogens is 1. The summed E-state index contributed by atoms with van der Waals surface area (Å²) in [7, 11) is 0. The summed E-state index contributed by atoms with van der Waals surface area (Å²) < 4.78 is 0. The van der Waals surface area contributed by atoms with Crippen LogP contribution in [0.15, 0.2) is 41.6 Å². The number of benzene rings is 1. The van der Waals surface area contributed by atoms with Crippen LogP contribution in [0.25, 0.3) is 0 Å². The number of carbonyl (C=O) groups excluding carboxylic acids is 1. The smallest absolute Gasteiger partial charge is 0.338 e. The molecular formula is C14H10Cl2N2O3S. The standard InChI is InChI=1S/C14H10Cl2N2O3S/c15-8-4-9(16)6-10(5-8)18-12(19)7-22-13-11(14(20)21)2-1-3-17-13/h1-6H,7H2,(H,18,19)(H,20,21). The second-order valence-electron chi connectivity index (χ2n) is 4.16. The zero-order valence-electron chi connectivity index (χ0n) is 11.0. The number of hydrogen-bond donors (Lipinski definition) is 2. The van der Waals surface area contributed by atoms with Gasteiger partial charge in [-0.2, -0.15) is 0 Å². The third kappa shape index (κ3) is 4.62. The highest BCUT2D eigenvalue weighted by atomic mass is 35.5. The fraction of sp³-hybridized carbons (Fsp3) is 0.0714. The number of halogens is 2. The van der Waals surface area contributed by atoms with Gasteiger partial charge in [0.2, 0.25) is 5.91 Å². The van der Waals surface area contributed by atoms with Gasteiger partial charge in [-0.25, -0.2) is 9.78 Å². The molecule has 2 N–H and O–H groups in total. The fourth-order valence-electron chi connectivity index (χ4n) is 1.63. The molecule has 0 saturated carbocycles. The number of pyridine rings is 1. The lowest BCUT2D eigenvalue weighted by Crippen LogP contribution is -2.14. The zero-order valence-corrected chi connectivity index (χ0v) is 13.4. The number of anilines is 1. The van der Waals surface area contributed by atoms with Crippen molar-refractivity contribution in [3.8, 4) is 0 Å². The average molecular weight is 357 g/mol. The van der Waals surface area contributed by atoms with E-state index in [9.17, 15) is 9.59 Å². The van der Waals surface area contributed by atoms with Gasteiger partial charge >= 0.3 is 5.97 Å². The Kier molecular flexibility index (Phi) is 5.65. The molecule has 1 aromatic carbocycles. The summed E-state index contributed by atoms with van der Waals surface area (Å²) in [5.74, 6) is -1.38. The fourth-order valence-corrected chi connectivity index (χ4v) is 2.94. The Balaban J connectivity index is 2.00. The molecule has 0 radical (unpaired) electrons. The number of carboxylic acid groups (broad SMARTS) is 1. The summed E-state index contributed by atoms with van der Waals surface area (Å²) in [6.07, 6.45) is 1.48. The minimum absolute atomic E-state index is 0.0153. The first-order valence-electron chi connectivity index (χ1n) is 6.03. The van der Waals surface area contributed by atoms with Crippen molar-refractivity contribution < 1.29 is 14.7 Å². The summed E-state index contributed by atoms with van der Waals surface area (Å²) in [6.45, 7) is 0. The van der Waals surface area contributed by atoms with Crippen LogP contribution >= 0.6 is 35.0 Å². The molecule has 0 saturated heterocycles. The van der Waals surface area contributed by atoms with Crippen molar-refractivity contribution in [2.75, 3.05) is 11.1 Å². The lowest BCUT2D eigenvalue weighted by Gasteiger charge is -2.07. The van der Waals surface area contributed by atoms with E-state index in [1.165, 1.54) is 18.3 Å². The summed E-state index contributed by atoms with van der Waals surface area (Å²) in [5, 5.41) is 12.8. The summed E-state index contributed by atoms with van der Waals surface area (Å²) in [4.78, 5) is 26.9. The molecule has 22 heavy (non-hydrogen) atoms. The van der Waals surface area contributed by atoms with Crippen molar-refractivity contribution in [1.82, 2.24) is 4.98 Å². The Morgan fingerprint density at radius 1 is 1.23 bits per heavy atom. The molecule has 0 atom stereocenters. The van der Waals surface area contributed by atoms with Gasteiger partial charge in [0, 0.05) is 21.9 Å². The van der Waals surface area contributed by atoms with Crippen molar-refractivity contribution >= 4 is 52.5 Å². The molecule has 8 heteroatoms. The van der Waals surface area contributed by atoms with Crippen LogP contribution < -0.4 is 5.32 Å². The van der Waals surface area contributed by atoms with Crippen LogP contribution in [-0.4, -0.2) is 27.7 Å². The van der Waals surface area contributed by atoms with E-state index in [-0.39, 0.29) is 22.2 Å². The maximum Gasteiger partial charge on any atom is 0.338 e. The van der Waals surface area contributed by atoms with E-state index in [1.54, 1.807) is 18.2 Å². The van der Waals surface area contributed by atoms with E-state index >= 15 is 0 Å². The number of aromatic carboxylic acids is 1. The maximum atomic E-state index is 11.9. The number of amides is 1. The lowest BCUT2D eigenvalue weighted by atomic mass is 10.3. The summed E-state index contributed by atoms with van der Waals surface area (Å²) in [6, 6.07) is 7.66.